The van der Waals surface area contributed by atoms with Crippen LogP contribution in [0.4, 0.5) is 0 Å². The second-order valence-electron chi connectivity index (χ2n) is 4.53. The van der Waals surface area contributed by atoms with Crippen LogP contribution in [0, 0.1) is 5.92 Å². The van der Waals surface area contributed by atoms with Crippen molar-refractivity contribution in [2.75, 3.05) is 26.3 Å². The lowest BCUT2D eigenvalue weighted by molar-refractivity contribution is -0.122. The number of hydrogen-bond acceptors (Lipinski definition) is 3. The first-order chi connectivity index (χ1) is 7.34. The van der Waals surface area contributed by atoms with E-state index in [9.17, 15) is 4.79 Å². The van der Waals surface area contributed by atoms with Gasteiger partial charge in [-0.3, -0.25) is 4.79 Å². The van der Waals surface area contributed by atoms with Crippen LogP contribution >= 0.6 is 0 Å². The number of carbonyl (C=O) groups is 1. The summed E-state index contributed by atoms with van der Waals surface area (Å²) in [6.45, 7) is 3.53. The Balaban J connectivity index is 1.44. The lowest BCUT2D eigenvalue weighted by Gasteiger charge is -2.09. The van der Waals surface area contributed by atoms with Crippen LogP contribution in [0.1, 0.15) is 25.7 Å². The largest absolute Gasteiger partial charge is 0.381 e. The summed E-state index contributed by atoms with van der Waals surface area (Å²) >= 11 is 0. The van der Waals surface area contributed by atoms with Crippen molar-refractivity contribution in [3.8, 4) is 0 Å². The molecule has 2 rings (SSSR count). The monoisotopic (exact) mass is 212 g/mol. The average molecular weight is 212 g/mol. The summed E-state index contributed by atoms with van der Waals surface area (Å²) < 4.78 is 5.49. The maximum absolute atomic E-state index is 11.3. The highest BCUT2D eigenvalue weighted by Crippen LogP contribution is 2.18. The van der Waals surface area contributed by atoms with Crippen LogP contribution < -0.4 is 10.6 Å². The fraction of sp³-hybridized carbons (Fsp3) is 0.909. The van der Waals surface area contributed by atoms with Crippen molar-refractivity contribution < 1.29 is 9.53 Å². The Hall–Kier alpha value is -0.610. The topological polar surface area (TPSA) is 50.4 Å². The molecule has 0 aromatic carbocycles. The summed E-state index contributed by atoms with van der Waals surface area (Å²) in [5, 5.41) is 6.25. The Morgan fingerprint density at radius 1 is 1.40 bits per heavy atom. The zero-order valence-electron chi connectivity index (χ0n) is 9.13. The maximum atomic E-state index is 11.3. The molecular weight excluding hydrogens is 192 g/mol. The number of rotatable bonds is 6. The molecule has 4 heteroatoms. The van der Waals surface area contributed by atoms with Gasteiger partial charge in [0, 0.05) is 19.0 Å². The summed E-state index contributed by atoms with van der Waals surface area (Å²) in [5.41, 5.74) is 0. The van der Waals surface area contributed by atoms with Gasteiger partial charge in [0.15, 0.2) is 0 Å². The number of hydrogen-bond donors (Lipinski definition) is 2. The van der Waals surface area contributed by atoms with Crippen LogP contribution in [-0.4, -0.2) is 38.3 Å². The van der Waals surface area contributed by atoms with Gasteiger partial charge in [0.05, 0.1) is 13.2 Å². The molecule has 0 aromatic heterocycles. The zero-order valence-corrected chi connectivity index (χ0v) is 9.13. The van der Waals surface area contributed by atoms with E-state index in [1.165, 1.54) is 6.42 Å². The molecule has 15 heavy (non-hydrogen) atoms. The summed E-state index contributed by atoms with van der Waals surface area (Å²) in [5.74, 6) is 0.790. The Bertz CT molecular complexity index is 211. The highest BCUT2D eigenvalue weighted by atomic mass is 16.5. The van der Waals surface area contributed by atoms with Crippen molar-refractivity contribution in [1.29, 1.82) is 0 Å². The third-order valence-electron chi connectivity index (χ3n) is 2.93. The quantitative estimate of drug-likeness (QED) is 0.622. The standard InChI is InChI=1S/C11H20N2O2/c14-11(13-10-1-2-10)4-6-15-8-9-3-5-12-7-9/h9-10,12H,1-8H2,(H,13,14). The Morgan fingerprint density at radius 2 is 2.27 bits per heavy atom. The van der Waals surface area contributed by atoms with Gasteiger partial charge in [0.1, 0.15) is 0 Å². The smallest absolute Gasteiger partial charge is 0.222 e. The second-order valence-corrected chi connectivity index (χ2v) is 4.53. The minimum Gasteiger partial charge on any atom is -0.381 e. The van der Waals surface area contributed by atoms with Crippen LogP contribution in [0.3, 0.4) is 0 Å². The number of amides is 1. The van der Waals surface area contributed by atoms with Crippen LogP contribution in [-0.2, 0) is 9.53 Å². The lowest BCUT2D eigenvalue weighted by Crippen LogP contribution is -2.26. The molecule has 0 aromatic rings. The molecule has 0 bridgehead atoms. The lowest BCUT2D eigenvalue weighted by atomic mass is 10.1. The molecule has 1 heterocycles. The van der Waals surface area contributed by atoms with Gasteiger partial charge in [-0.25, -0.2) is 0 Å². The van der Waals surface area contributed by atoms with Crippen LogP contribution in [0.15, 0.2) is 0 Å². The maximum Gasteiger partial charge on any atom is 0.222 e. The molecule has 86 valence electrons. The minimum absolute atomic E-state index is 0.141. The molecule has 2 fully saturated rings. The summed E-state index contributed by atoms with van der Waals surface area (Å²) in [6, 6.07) is 0.469. The van der Waals surface area contributed by atoms with Gasteiger partial charge in [0.25, 0.3) is 0 Å². The van der Waals surface area contributed by atoms with Crippen molar-refractivity contribution in [1.82, 2.24) is 10.6 Å². The predicted molar refractivity (Wildman–Crippen MR) is 57.6 cm³/mol. The molecule has 1 aliphatic heterocycles. The fourth-order valence-electron chi connectivity index (χ4n) is 1.80. The molecule has 1 saturated carbocycles. The first-order valence-corrected chi connectivity index (χ1v) is 5.92. The molecule has 2 aliphatic rings. The molecular formula is C11H20N2O2. The predicted octanol–water partition coefficient (Wildman–Crippen LogP) is 0.281. The van der Waals surface area contributed by atoms with Gasteiger partial charge in [0.2, 0.25) is 5.91 Å². The highest BCUT2D eigenvalue weighted by molar-refractivity contribution is 5.76. The number of nitrogens with one attached hydrogen (secondary N) is 2. The van der Waals surface area contributed by atoms with Gasteiger partial charge >= 0.3 is 0 Å². The molecule has 1 saturated heterocycles. The SMILES string of the molecule is O=C(CCOCC1CCNC1)NC1CC1. The van der Waals surface area contributed by atoms with E-state index >= 15 is 0 Å². The Kier molecular flexibility index (Phi) is 3.97. The van der Waals surface area contributed by atoms with E-state index in [0.717, 1.165) is 32.5 Å². The van der Waals surface area contributed by atoms with E-state index in [4.69, 9.17) is 4.74 Å². The average Bonchev–Trinajstić information content (AvgIpc) is 2.87. The van der Waals surface area contributed by atoms with Gasteiger partial charge in [-0.15, -0.1) is 0 Å². The molecule has 1 amide bonds. The highest BCUT2D eigenvalue weighted by Gasteiger charge is 2.22. The minimum atomic E-state index is 0.141. The fourth-order valence-corrected chi connectivity index (χ4v) is 1.80. The molecule has 1 aliphatic carbocycles. The molecule has 4 nitrogen and oxygen atoms in total. The number of ether oxygens (including phenoxy) is 1. The van der Waals surface area contributed by atoms with E-state index in [-0.39, 0.29) is 5.91 Å². The van der Waals surface area contributed by atoms with E-state index in [1.807, 2.05) is 0 Å². The van der Waals surface area contributed by atoms with Gasteiger partial charge in [-0.2, -0.15) is 0 Å². The Labute approximate surface area is 90.8 Å². The van der Waals surface area contributed by atoms with Crippen molar-refractivity contribution in [3.05, 3.63) is 0 Å². The van der Waals surface area contributed by atoms with E-state index in [1.54, 1.807) is 0 Å². The van der Waals surface area contributed by atoms with Crippen molar-refractivity contribution >= 4 is 5.91 Å². The Morgan fingerprint density at radius 3 is 2.93 bits per heavy atom. The van der Waals surface area contributed by atoms with E-state index in [2.05, 4.69) is 10.6 Å². The summed E-state index contributed by atoms with van der Waals surface area (Å²) in [7, 11) is 0. The van der Waals surface area contributed by atoms with Crippen molar-refractivity contribution in [2.45, 2.75) is 31.7 Å². The molecule has 2 N–H and O–H groups in total. The van der Waals surface area contributed by atoms with E-state index in [0.29, 0.717) is 25.0 Å². The normalized spacial score (nSPS) is 25.5. The van der Waals surface area contributed by atoms with Crippen LogP contribution in [0.25, 0.3) is 0 Å². The second kappa shape index (κ2) is 5.47. The van der Waals surface area contributed by atoms with Crippen molar-refractivity contribution in [2.24, 2.45) is 5.92 Å². The molecule has 0 spiro atoms. The van der Waals surface area contributed by atoms with Gasteiger partial charge < -0.3 is 15.4 Å². The summed E-state index contributed by atoms with van der Waals surface area (Å²) in [6.07, 6.45) is 4.02. The third-order valence-corrected chi connectivity index (χ3v) is 2.93. The van der Waals surface area contributed by atoms with Crippen molar-refractivity contribution in [3.63, 3.8) is 0 Å². The third kappa shape index (κ3) is 4.18. The summed E-state index contributed by atoms with van der Waals surface area (Å²) in [4.78, 5) is 11.3. The first-order valence-electron chi connectivity index (χ1n) is 5.92. The zero-order chi connectivity index (χ0) is 10.5. The molecule has 1 atom stereocenters. The van der Waals surface area contributed by atoms with Gasteiger partial charge in [-0.1, -0.05) is 0 Å². The number of carbonyl (C=O) groups excluding carboxylic acids is 1. The molecule has 1 unspecified atom stereocenters. The van der Waals surface area contributed by atoms with E-state index < -0.39 is 0 Å². The van der Waals surface area contributed by atoms with Crippen LogP contribution in [0.2, 0.25) is 0 Å². The van der Waals surface area contributed by atoms with Gasteiger partial charge in [-0.05, 0) is 31.7 Å². The van der Waals surface area contributed by atoms with Crippen LogP contribution in [0.5, 0.6) is 0 Å². The first kappa shape index (κ1) is 10.9. The molecule has 0 radical (unpaired) electrons.